The third kappa shape index (κ3) is 2.17. The van der Waals surface area contributed by atoms with Gasteiger partial charge in [0.15, 0.2) is 0 Å². The first kappa shape index (κ1) is 12.4. The number of carbonyl (C=O) groups is 1. The molecule has 0 saturated carbocycles. The lowest BCUT2D eigenvalue weighted by molar-refractivity contribution is 0.0662. The molecule has 18 heavy (non-hydrogen) atoms. The third-order valence-corrected chi connectivity index (χ3v) is 2.62. The Labute approximate surface area is 108 Å². The van der Waals surface area contributed by atoms with Crippen molar-refractivity contribution in [3.63, 3.8) is 0 Å². The zero-order valence-corrected chi connectivity index (χ0v) is 10.5. The van der Waals surface area contributed by atoms with Gasteiger partial charge in [0, 0.05) is 5.02 Å². The molecule has 2 aromatic rings. The SMILES string of the molecule is COc1ccc(Cl)cc1-c1nc(C)c(C(=O)O)o1. The number of halogens is 1. The summed E-state index contributed by atoms with van der Waals surface area (Å²) >= 11 is 5.89. The van der Waals surface area contributed by atoms with E-state index in [1.807, 2.05) is 0 Å². The molecule has 2 rings (SSSR count). The lowest BCUT2D eigenvalue weighted by Crippen LogP contribution is -1.95. The Balaban J connectivity index is 2.58. The molecule has 0 aliphatic rings. The van der Waals surface area contributed by atoms with Gasteiger partial charge in [0.2, 0.25) is 11.7 Å². The van der Waals surface area contributed by atoms with E-state index in [1.54, 1.807) is 25.1 Å². The molecule has 0 unspecified atom stereocenters. The second-order valence-electron chi connectivity index (χ2n) is 3.58. The summed E-state index contributed by atoms with van der Waals surface area (Å²) in [5, 5.41) is 9.40. The Morgan fingerprint density at radius 3 is 2.78 bits per heavy atom. The summed E-state index contributed by atoms with van der Waals surface area (Å²) in [4.78, 5) is 15.0. The minimum atomic E-state index is -1.16. The van der Waals surface area contributed by atoms with Gasteiger partial charge in [-0.3, -0.25) is 0 Å². The van der Waals surface area contributed by atoms with Gasteiger partial charge in [-0.05, 0) is 25.1 Å². The van der Waals surface area contributed by atoms with E-state index < -0.39 is 5.97 Å². The van der Waals surface area contributed by atoms with Crippen molar-refractivity contribution < 1.29 is 19.1 Å². The van der Waals surface area contributed by atoms with E-state index in [2.05, 4.69) is 4.98 Å². The van der Waals surface area contributed by atoms with Gasteiger partial charge in [0.05, 0.1) is 18.4 Å². The van der Waals surface area contributed by atoms with Crippen molar-refractivity contribution in [2.24, 2.45) is 0 Å². The largest absolute Gasteiger partial charge is 0.496 e. The van der Waals surface area contributed by atoms with Crippen molar-refractivity contribution in [1.29, 1.82) is 0 Å². The average Bonchev–Trinajstić information content (AvgIpc) is 2.71. The molecule has 1 N–H and O–H groups in total. The van der Waals surface area contributed by atoms with Crippen molar-refractivity contribution in [2.45, 2.75) is 6.92 Å². The van der Waals surface area contributed by atoms with E-state index in [0.717, 1.165) is 0 Å². The van der Waals surface area contributed by atoms with E-state index in [4.69, 9.17) is 25.9 Å². The highest BCUT2D eigenvalue weighted by molar-refractivity contribution is 6.30. The number of nitrogens with zero attached hydrogens (tertiary/aromatic N) is 1. The standard InChI is InChI=1S/C12H10ClNO4/c1-6-10(12(15)16)18-11(14-6)8-5-7(13)3-4-9(8)17-2/h3-5H,1-2H3,(H,15,16). The van der Waals surface area contributed by atoms with Crippen LogP contribution in [0.3, 0.4) is 0 Å². The van der Waals surface area contributed by atoms with Gasteiger partial charge < -0.3 is 14.3 Å². The molecule has 0 amide bonds. The van der Waals surface area contributed by atoms with Gasteiger partial charge in [-0.15, -0.1) is 0 Å². The summed E-state index contributed by atoms with van der Waals surface area (Å²) in [5.74, 6) is -0.666. The van der Waals surface area contributed by atoms with E-state index in [-0.39, 0.29) is 11.7 Å². The maximum Gasteiger partial charge on any atom is 0.373 e. The molecule has 0 saturated heterocycles. The number of aromatic nitrogens is 1. The minimum absolute atomic E-state index is 0.171. The third-order valence-electron chi connectivity index (χ3n) is 2.38. The molecule has 0 atom stereocenters. The Bertz CT molecular complexity index is 606. The summed E-state index contributed by atoms with van der Waals surface area (Å²) in [6.45, 7) is 1.56. The molecule has 6 heteroatoms. The fourth-order valence-electron chi connectivity index (χ4n) is 1.56. The first-order valence-electron chi connectivity index (χ1n) is 5.07. The first-order chi connectivity index (χ1) is 8.52. The number of rotatable bonds is 3. The molecule has 1 aromatic heterocycles. The number of hydrogen-bond donors (Lipinski definition) is 1. The van der Waals surface area contributed by atoms with Crippen LogP contribution >= 0.6 is 11.6 Å². The topological polar surface area (TPSA) is 72.6 Å². The van der Waals surface area contributed by atoms with Crippen LogP contribution in [0.25, 0.3) is 11.5 Å². The van der Waals surface area contributed by atoms with Gasteiger partial charge in [0.25, 0.3) is 0 Å². The van der Waals surface area contributed by atoms with Gasteiger partial charge in [-0.2, -0.15) is 0 Å². The van der Waals surface area contributed by atoms with E-state index in [1.165, 1.54) is 7.11 Å². The highest BCUT2D eigenvalue weighted by Gasteiger charge is 2.19. The molecule has 0 bridgehead atoms. The Hall–Kier alpha value is -2.01. The average molecular weight is 268 g/mol. The molecule has 0 aliphatic carbocycles. The number of ether oxygens (including phenoxy) is 1. The molecular weight excluding hydrogens is 258 g/mol. The van der Waals surface area contributed by atoms with Gasteiger partial charge in [-0.25, -0.2) is 9.78 Å². The fourth-order valence-corrected chi connectivity index (χ4v) is 1.73. The zero-order chi connectivity index (χ0) is 13.3. The van der Waals surface area contributed by atoms with Crippen LogP contribution in [0.5, 0.6) is 5.75 Å². The maximum absolute atomic E-state index is 10.9. The molecule has 0 radical (unpaired) electrons. The molecule has 1 aromatic carbocycles. The fraction of sp³-hybridized carbons (Fsp3) is 0.167. The van der Waals surface area contributed by atoms with E-state index in [0.29, 0.717) is 22.0 Å². The maximum atomic E-state index is 10.9. The lowest BCUT2D eigenvalue weighted by Gasteiger charge is -2.05. The number of hydrogen-bond acceptors (Lipinski definition) is 4. The normalized spacial score (nSPS) is 10.4. The van der Waals surface area contributed by atoms with Crippen LogP contribution in [0.4, 0.5) is 0 Å². The monoisotopic (exact) mass is 267 g/mol. The molecule has 1 heterocycles. The Morgan fingerprint density at radius 1 is 1.50 bits per heavy atom. The molecule has 94 valence electrons. The number of benzene rings is 1. The Kier molecular flexibility index (Phi) is 3.25. The highest BCUT2D eigenvalue weighted by atomic mass is 35.5. The second-order valence-corrected chi connectivity index (χ2v) is 4.02. The van der Waals surface area contributed by atoms with E-state index in [9.17, 15) is 4.79 Å². The van der Waals surface area contributed by atoms with Crippen LogP contribution < -0.4 is 4.74 Å². The van der Waals surface area contributed by atoms with Crippen LogP contribution in [0.2, 0.25) is 5.02 Å². The molecule has 0 aliphatic heterocycles. The summed E-state index contributed by atoms with van der Waals surface area (Å²) in [5.41, 5.74) is 0.820. The van der Waals surface area contributed by atoms with Crippen LogP contribution in [-0.4, -0.2) is 23.2 Å². The number of aryl methyl sites for hydroxylation is 1. The van der Waals surface area contributed by atoms with Crippen molar-refractivity contribution in [3.05, 3.63) is 34.7 Å². The van der Waals surface area contributed by atoms with Gasteiger partial charge in [0.1, 0.15) is 5.75 Å². The summed E-state index contributed by atoms with van der Waals surface area (Å²) < 4.78 is 10.4. The zero-order valence-electron chi connectivity index (χ0n) is 9.73. The molecule has 0 spiro atoms. The molecule has 5 nitrogen and oxygen atoms in total. The number of aromatic carboxylic acids is 1. The van der Waals surface area contributed by atoms with Crippen molar-refractivity contribution >= 4 is 17.6 Å². The number of carboxylic acids is 1. The molecule has 0 fully saturated rings. The van der Waals surface area contributed by atoms with Crippen molar-refractivity contribution in [3.8, 4) is 17.2 Å². The van der Waals surface area contributed by atoms with Crippen LogP contribution in [0, 0.1) is 6.92 Å². The number of methoxy groups -OCH3 is 1. The van der Waals surface area contributed by atoms with Crippen LogP contribution in [0.15, 0.2) is 22.6 Å². The van der Waals surface area contributed by atoms with Crippen molar-refractivity contribution in [2.75, 3.05) is 7.11 Å². The van der Waals surface area contributed by atoms with Crippen LogP contribution in [0.1, 0.15) is 16.2 Å². The van der Waals surface area contributed by atoms with Gasteiger partial charge in [-0.1, -0.05) is 11.6 Å². The number of carboxylic acid groups (broad SMARTS) is 1. The lowest BCUT2D eigenvalue weighted by atomic mass is 10.2. The summed E-state index contributed by atoms with van der Waals surface area (Å²) in [6, 6.07) is 4.94. The predicted molar refractivity (Wildman–Crippen MR) is 65.2 cm³/mol. The predicted octanol–water partition coefficient (Wildman–Crippen LogP) is 3.01. The first-order valence-corrected chi connectivity index (χ1v) is 5.45. The van der Waals surface area contributed by atoms with Gasteiger partial charge >= 0.3 is 5.97 Å². The molecular formula is C12H10ClNO4. The minimum Gasteiger partial charge on any atom is -0.496 e. The Morgan fingerprint density at radius 2 is 2.22 bits per heavy atom. The second kappa shape index (κ2) is 4.70. The van der Waals surface area contributed by atoms with Crippen LogP contribution in [-0.2, 0) is 0 Å². The summed E-state index contributed by atoms with van der Waals surface area (Å²) in [6.07, 6.45) is 0. The van der Waals surface area contributed by atoms with E-state index >= 15 is 0 Å². The summed E-state index contributed by atoms with van der Waals surface area (Å²) in [7, 11) is 1.50. The highest BCUT2D eigenvalue weighted by Crippen LogP contribution is 2.32. The van der Waals surface area contributed by atoms with Crippen molar-refractivity contribution in [1.82, 2.24) is 4.98 Å². The smallest absolute Gasteiger partial charge is 0.373 e. The number of oxazole rings is 1. The quantitative estimate of drug-likeness (QED) is 0.925.